The van der Waals surface area contributed by atoms with Gasteiger partial charge in [-0.3, -0.25) is 0 Å². The number of nitrogens with one attached hydrogen (secondary N) is 1. The Morgan fingerprint density at radius 1 is 1.38 bits per heavy atom. The van der Waals surface area contributed by atoms with E-state index in [-0.39, 0.29) is 0 Å². The molecule has 0 aromatic carbocycles. The van der Waals surface area contributed by atoms with E-state index in [0.29, 0.717) is 11.5 Å². The van der Waals surface area contributed by atoms with Gasteiger partial charge in [0, 0.05) is 6.04 Å². The highest BCUT2D eigenvalue weighted by molar-refractivity contribution is 4.88. The van der Waals surface area contributed by atoms with Crippen LogP contribution in [0.5, 0.6) is 0 Å². The minimum absolute atomic E-state index is 0.583. The molecule has 1 aliphatic rings. The number of rotatable bonds is 6. The van der Waals surface area contributed by atoms with E-state index in [1.807, 2.05) is 0 Å². The Morgan fingerprint density at radius 3 is 2.50 bits per heavy atom. The van der Waals surface area contributed by atoms with Crippen LogP contribution in [-0.2, 0) is 0 Å². The molecule has 0 heterocycles. The summed E-state index contributed by atoms with van der Waals surface area (Å²) in [6.45, 7) is 12.1. The SMILES string of the molecule is C=CCC(NCCC)C1CCC(C)(C)CC1. The van der Waals surface area contributed by atoms with E-state index in [9.17, 15) is 0 Å². The van der Waals surface area contributed by atoms with Gasteiger partial charge in [0.2, 0.25) is 0 Å². The molecule has 1 N–H and O–H groups in total. The Bertz CT molecular complexity index is 197. The van der Waals surface area contributed by atoms with Crippen molar-refractivity contribution < 1.29 is 0 Å². The van der Waals surface area contributed by atoms with Gasteiger partial charge in [0.1, 0.15) is 0 Å². The molecule has 0 aromatic heterocycles. The van der Waals surface area contributed by atoms with Gasteiger partial charge in [-0.1, -0.05) is 26.8 Å². The van der Waals surface area contributed by atoms with Gasteiger partial charge in [-0.15, -0.1) is 6.58 Å². The molecule has 1 nitrogen and oxygen atoms in total. The third-order valence-corrected chi connectivity index (χ3v) is 4.03. The molecule has 1 unspecified atom stereocenters. The molecule has 0 saturated heterocycles. The summed E-state index contributed by atoms with van der Waals surface area (Å²) in [4.78, 5) is 0. The molecule has 0 bridgehead atoms. The van der Waals surface area contributed by atoms with E-state index in [2.05, 4.69) is 38.7 Å². The van der Waals surface area contributed by atoms with Crippen molar-refractivity contribution in [3.05, 3.63) is 12.7 Å². The third-order valence-electron chi connectivity index (χ3n) is 4.03. The van der Waals surface area contributed by atoms with Crippen LogP contribution >= 0.6 is 0 Å². The molecule has 1 saturated carbocycles. The molecular weight excluding hydrogens is 194 g/mol. The molecule has 1 rings (SSSR count). The lowest BCUT2D eigenvalue weighted by Crippen LogP contribution is -2.39. The first kappa shape index (κ1) is 13.8. The summed E-state index contributed by atoms with van der Waals surface area (Å²) < 4.78 is 0. The fraction of sp³-hybridized carbons (Fsp3) is 0.867. The summed E-state index contributed by atoms with van der Waals surface area (Å²) in [7, 11) is 0. The van der Waals surface area contributed by atoms with Gasteiger partial charge >= 0.3 is 0 Å². The fourth-order valence-electron chi connectivity index (χ4n) is 2.78. The lowest BCUT2D eigenvalue weighted by Gasteiger charge is -2.38. The largest absolute Gasteiger partial charge is 0.313 e. The first-order chi connectivity index (χ1) is 7.59. The van der Waals surface area contributed by atoms with E-state index >= 15 is 0 Å². The highest BCUT2D eigenvalue weighted by Crippen LogP contribution is 2.39. The molecule has 1 aliphatic carbocycles. The molecule has 0 spiro atoms. The van der Waals surface area contributed by atoms with Crippen LogP contribution in [0.1, 0.15) is 59.3 Å². The van der Waals surface area contributed by atoms with E-state index in [0.717, 1.165) is 18.9 Å². The quantitative estimate of drug-likeness (QED) is 0.667. The first-order valence-corrected chi connectivity index (χ1v) is 6.93. The zero-order valence-corrected chi connectivity index (χ0v) is 11.4. The van der Waals surface area contributed by atoms with Crippen LogP contribution < -0.4 is 5.32 Å². The van der Waals surface area contributed by atoms with Gasteiger partial charge in [0.05, 0.1) is 0 Å². The van der Waals surface area contributed by atoms with Crippen LogP contribution in [-0.4, -0.2) is 12.6 Å². The molecule has 0 aromatic rings. The van der Waals surface area contributed by atoms with Gasteiger partial charge in [-0.2, -0.15) is 0 Å². The summed E-state index contributed by atoms with van der Waals surface area (Å²) >= 11 is 0. The molecule has 0 amide bonds. The monoisotopic (exact) mass is 223 g/mol. The molecule has 94 valence electrons. The maximum atomic E-state index is 3.89. The van der Waals surface area contributed by atoms with E-state index in [1.165, 1.54) is 32.1 Å². The summed E-state index contributed by atoms with van der Waals surface area (Å²) in [6, 6.07) is 0.675. The number of hydrogen-bond donors (Lipinski definition) is 1. The second-order valence-corrected chi connectivity index (χ2v) is 6.09. The fourth-order valence-corrected chi connectivity index (χ4v) is 2.78. The van der Waals surface area contributed by atoms with Crippen LogP contribution in [0.2, 0.25) is 0 Å². The molecule has 0 radical (unpaired) electrons. The van der Waals surface area contributed by atoms with Crippen molar-refractivity contribution in [2.45, 2.75) is 65.3 Å². The predicted octanol–water partition coefficient (Wildman–Crippen LogP) is 4.15. The highest BCUT2D eigenvalue weighted by atomic mass is 14.9. The maximum absolute atomic E-state index is 3.89. The Labute approximate surface area is 102 Å². The Kier molecular flexibility index (Phi) is 5.54. The van der Waals surface area contributed by atoms with Crippen molar-refractivity contribution in [2.24, 2.45) is 11.3 Å². The van der Waals surface area contributed by atoms with Crippen LogP contribution in [0, 0.1) is 11.3 Å². The summed E-state index contributed by atoms with van der Waals surface area (Å²) in [5.74, 6) is 0.873. The summed E-state index contributed by atoms with van der Waals surface area (Å²) in [6.07, 6.45) is 9.99. The topological polar surface area (TPSA) is 12.0 Å². The van der Waals surface area contributed by atoms with Crippen LogP contribution in [0.3, 0.4) is 0 Å². The minimum atomic E-state index is 0.583. The van der Waals surface area contributed by atoms with Crippen LogP contribution in [0.25, 0.3) is 0 Å². The molecule has 1 heteroatoms. The van der Waals surface area contributed by atoms with Crippen molar-refractivity contribution in [1.29, 1.82) is 0 Å². The molecule has 0 aliphatic heterocycles. The van der Waals surface area contributed by atoms with Crippen molar-refractivity contribution >= 4 is 0 Å². The summed E-state index contributed by atoms with van der Waals surface area (Å²) in [5, 5.41) is 3.70. The average molecular weight is 223 g/mol. The predicted molar refractivity (Wildman–Crippen MR) is 72.6 cm³/mol. The lowest BCUT2D eigenvalue weighted by molar-refractivity contribution is 0.161. The van der Waals surface area contributed by atoms with E-state index in [4.69, 9.17) is 0 Å². The number of hydrogen-bond acceptors (Lipinski definition) is 1. The second-order valence-electron chi connectivity index (χ2n) is 6.09. The Morgan fingerprint density at radius 2 is 2.00 bits per heavy atom. The zero-order chi connectivity index (χ0) is 12.0. The Hall–Kier alpha value is -0.300. The summed E-state index contributed by atoms with van der Waals surface area (Å²) in [5.41, 5.74) is 0.583. The van der Waals surface area contributed by atoms with Gasteiger partial charge in [0.25, 0.3) is 0 Å². The third kappa shape index (κ3) is 4.29. The van der Waals surface area contributed by atoms with Crippen molar-refractivity contribution in [3.8, 4) is 0 Å². The van der Waals surface area contributed by atoms with Gasteiger partial charge < -0.3 is 5.32 Å². The Balaban J connectivity index is 2.42. The lowest BCUT2D eigenvalue weighted by atomic mass is 9.70. The zero-order valence-electron chi connectivity index (χ0n) is 11.4. The highest BCUT2D eigenvalue weighted by Gasteiger charge is 2.30. The molecule has 16 heavy (non-hydrogen) atoms. The molecule has 1 atom stereocenters. The van der Waals surface area contributed by atoms with E-state index in [1.54, 1.807) is 0 Å². The second kappa shape index (κ2) is 6.44. The van der Waals surface area contributed by atoms with Crippen molar-refractivity contribution in [3.63, 3.8) is 0 Å². The standard InChI is InChI=1S/C15H29N/c1-5-7-14(16-12-6-2)13-8-10-15(3,4)11-9-13/h5,13-14,16H,1,6-12H2,2-4H3. The van der Waals surface area contributed by atoms with Gasteiger partial charge in [-0.05, 0) is 56.4 Å². The first-order valence-electron chi connectivity index (χ1n) is 6.93. The van der Waals surface area contributed by atoms with Crippen molar-refractivity contribution in [2.75, 3.05) is 6.54 Å². The molecular formula is C15H29N. The molecule has 1 fully saturated rings. The minimum Gasteiger partial charge on any atom is -0.313 e. The van der Waals surface area contributed by atoms with Gasteiger partial charge in [-0.25, -0.2) is 0 Å². The average Bonchev–Trinajstić information content (AvgIpc) is 2.25. The van der Waals surface area contributed by atoms with Crippen LogP contribution in [0.15, 0.2) is 12.7 Å². The normalized spacial score (nSPS) is 22.9. The maximum Gasteiger partial charge on any atom is 0.0130 e. The smallest absolute Gasteiger partial charge is 0.0130 e. The van der Waals surface area contributed by atoms with Crippen molar-refractivity contribution in [1.82, 2.24) is 5.32 Å². The van der Waals surface area contributed by atoms with E-state index < -0.39 is 0 Å². The van der Waals surface area contributed by atoms with Gasteiger partial charge in [0.15, 0.2) is 0 Å². The van der Waals surface area contributed by atoms with Crippen LogP contribution in [0.4, 0.5) is 0 Å².